The number of anilines is 6. The third-order valence-electron chi connectivity index (χ3n) is 24.7. The van der Waals surface area contributed by atoms with E-state index in [4.69, 9.17) is 0 Å². The summed E-state index contributed by atoms with van der Waals surface area (Å²) in [5.41, 5.74) is 36.5. The van der Waals surface area contributed by atoms with Crippen molar-refractivity contribution < 1.29 is 0 Å². The minimum absolute atomic E-state index is 0.148. The van der Waals surface area contributed by atoms with Crippen LogP contribution in [0.15, 0.2) is 388 Å². The van der Waals surface area contributed by atoms with Gasteiger partial charge in [0.25, 0.3) is 6.71 Å². The van der Waals surface area contributed by atoms with E-state index in [1.54, 1.807) is 0 Å². The summed E-state index contributed by atoms with van der Waals surface area (Å²) in [7, 11) is 0. The number of nitrogens with zero attached hydrogens (tertiary/aromatic N) is 5. The maximum Gasteiger partial charge on any atom is 0.252 e. The minimum atomic E-state index is -0.279. The average Bonchev–Trinajstić information content (AvgIpc) is 0.922. The van der Waals surface area contributed by atoms with E-state index < -0.39 is 0 Å². The summed E-state index contributed by atoms with van der Waals surface area (Å²) in [6.07, 6.45) is 0. The molecular formula is C110H82BN5. The Kier molecular flexibility index (Phi) is 15.8. The number of benzene rings is 17. The topological polar surface area (TPSA) is 21.3 Å². The molecule has 550 valence electrons. The van der Waals surface area contributed by atoms with Gasteiger partial charge in [-0.25, -0.2) is 0 Å². The smallest absolute Gasteiger partial charge is 0.252 e. The molecule has 0 bridgehead atoms. The lowest BCUT2D eigenvalue weighted by Crippen LogP contribution is -2.61. The van der Waals surface area contributed by atoms with Gasteiger partial charge in [-0.2, -0.15) is 0 Å². The second kappa shape index (κ2) is 26.7. The van der Waals surface area contributed by atoms with Crippen LogP contribution in [0.1, 0.15) is 52.7 Å². The lowest BCUT2D eigenvalue weighted by Gasteiger charge is -2.45. The van der Waals surface area contributed by atoms with Crippen LogP contribution in [0.5, 0.6) is 0 Å². The van der Waals surface area contributed by atoms with Crippen LogP contribution >= 0.6 is 0 Å². The number of rotatable bonds is 11. The van der Waals surface area contributed by atoms with Crippen LogP contribution in [0.3, 0.4) is 0 Å². The first-order valence-corrected chi connectivity index (χ1v) is 40.6. The average molecular weight is 1480 g/mol. The van der Waals surface area contributed by atoms with E-state index in [0.29, 0.717) is 0 Å². The quantitative estimate of drug-likeness (QED) is 0.120. The monoisotopic (exact) mass is 1480 g/mol. The van der Waals surface area contributed by atoms with Crippen molar-refractivity contribution in [3.8, 4) is 83.8 Å². The summed E-state index contributed by atoms with van der Waals surface area (Å²) in [6.45, 7) is 13.8. The van der Waals surface area contributed by atoms with Gasteiger partial charge in [0.1, 0.15) is 0 Å². The zero-order valence-corrected chi connectivity index (χ0v) is 65.8. The molecule has 2 aliphatic rings. The van der Waals surface area contributed by atoms with Crippen LogP contribution in [-0.2, 0) is 10.8 Å². The van der Waals surface area contributed by atoms with E-state index in [1.165, 1.54) is 115 Å². The van der Waals surface area contributed by atoms with Gasteiger partial charge in [-0.3, -0.25) is 0 Å². The molecule has 0 fully saturated rings. The second-order valence-corrected chi connectivity index (χ2v) is 33.6. The Morgan fingerprint density at radius 3 is 0.767 bits per heavy atom. The van der Waals surface area contributed by atoms with E-state index in [2.05, 4.69) is 453 Å². The number of hydrogen-bond acceptors (Lipinski definition) is 2. The molecule has 116 heavy (non-hydrogen) atoms. The van der Waals surface area contributed by atoms with Gasteiger partial charge in [0.05, 0.1) is 61.5 Å². The Hall–Kier alpha value is -14.2. The SMILES string of the molecule is CC(C)(C)c1ccc2c3ccc(C(C)(C)C)cc3n(-c3cc4c5c(c3)N(c3ccccc3-n3c6ccc(-c7ccccc7)cc6c6cc(-c7ccccc7)ccc63)c3ccc(-c6ccccc6)cc3B5c3cc(-c5ccccc5)ccc3N4c3ccccc3-n3c4ccc(-c5ccccc5)cc4c4cc(-c5ccccc5)ccc43)c2c1. The Morgan fingerprint density at radius 2 is 0.466 bits per heavy atom. The molecule has 0 N–H and O–H groups in total. The first-order chi connectivity index (χ1) is 56.8. The van der Waals surface area contributed by atoms with Gasteiger partial charge in [0, 0.05) is 55.1 Å². The number of fused-ring (bicyclic) bond motifs is 13. The van der Waals surface area contributed by atoms with Crippen molar-refractivity contribution in [2.24, 2.45) is 0 Å². The van der Waals surface area contributed by atoms with Gasteiger partial charge in [-0.15, -0.1) is 0 Å². The molecule has 5 nitrogen and oxygen atoms in total. The molecular weight excluding hydrogens is 1400 g/mol. The molecule has 22 rings (SSSR count). The van der Waals surface area contributed by atoms with E-state index in [-0.39, 0.29) is 17.5 Å². The van der Waals surface area contributed by atoms with Crippen LogP contribution in [-0.4, -0.2) is 20.4 Å². The molecule has 0 aliphatic carbocycles. The van der Waals surface area contributed by atoms with Crippen LogP contribution in [0.25, 0.3) is 149 Å². The molecule has 2 aliphatic heterocycles. The molecule has 0 saturated carbocycles. The fourth-order valence-electron chi connectivity index (χ4n) is 19.0. The third-order valence-corrected chi connectivity index (χ3v) is 24.7. The molecule has 0 radical (unpaired) electrons. The summed E-state index contributed by atoms with van der Waals surface area (Å²) in [4.78, 5) is 5.33. The van der Waals surface area contributed by atoms with E-state index in [0.717, 1.165) is 95.5 Å². The fourth-order valence-corrected chi connectivity index (χ4v) is 19.0. The van der Waals surface area contributed by atoms with Crippen molar-refractivity contribution in [3.63, 3.8) is 0 Å². The van der Waals surface area contributed by atoms with Gasteiger partial charge in [-0.05, 0) is 214 Å². The highest BCUT2D eigenvalue weighted by Crippen LogP contribution is 2.52. The largest absolute Gasteiger partial charge is 0.309 e. The van der Waals surface area contributed by atoms with Gasteiger partial charge in [-0.1, -0.05) is 321 Å². The Balaban J connectivity index is 0.882. The van der Waals surface area contributed by atoms with Crippen molar-refractivity contribution >= 4 is 123 Å². The third kappa shape index (κ3) is 11.1. The summed E-state index contributed by atoms with van der Waals surface area (Å²) in [5.74, 6) is 0. The zero-order valence-electron chi connectivity index (χ0n) is 65.8. The highest BCUT2D eigenvalue weighted by molar-refractivity contribution is 7.00. The standard InChI is InChI=1S/C110H82BN5/c1-109(2,3)83-51-53-86-87-54-52-84(110(4,5)6)68-105(87)112(104(86)67-83)85-69-106-108-107(70-85)116(103-44-28-26-42-101(103)114-96-57-47-79(73-33-17-9-18-34-73)63-90(96)91-64-80(48-58-97(91)114)74-35-19-10-20-36-74)99-60-50-82(76-39-23-12-24-40-76)66-93(99)111(108)92-65-81(75-37-21-11-22-38-75)49-59-98(92)115(106)102-43-27-25-41-100(102)113-94-55-45-77(71-29-13-7-14-30-71)61-88(94)89-62-78(46-56-95(89)113)72-31-15-8-16-32-72/h7-70H,1-6H3. The number of hydrogen-bond donors (Lipinski definition) is 0. The van der Waals surface area contributed by atoms with Gasteiger partial charge in [0.2, 0.25) is 0 Å². The fraction of sp³-hybridized carbons (Fsp3) is 0.0727. The molecule has 20 aromatic rings. The number of para-hydroxylation sites is 4. The Labute approximate surface area is 677 Å². The predicted octanol–water partition coefficient (Wildman–Crippen LogP) is 27.7. The Bertz CT molecular complexity index is 6700. The van der Waals surface area contributed by atoms with Crippen molar-refractivity contribution in [2.75, 3.05) is 9.80 Å². The normalized spacial score (nSPS) is 12.7. The molecule has 6 heteroatoms. The number of aromatic nitrogens is 3. The van der Waals surface area contributed by atoms with Crippen LogP contribution < -0.4 is 26.2 Å². The van der Waals surface area contributed by atoms with Crippen molar-refractivity contribution in [3.05, 3.63) is 399 Å². The molecule has 0 unspecified atom stereocenters. The first-order valence-electron chi connectivity index (χ1n) is 40.6. The van der Waals surface area contributed by atoms with Gasteiger partial charge in [0.15, 0.2) is 0 Å². The maximum absolute atomic E-state index is 2.67. The summed E-state index contributed by atoms with van der Waals surface area (Å²) in [5, 5.41) is 7.18. The molecule has 0 saturated heterocycles. The first kappa shape index (κ1) is 68.6. The molecule has 0 spiro atoms. The van der Waals surface area contributed by atoms with Crippen molar-refractivity contribution in [2.45, 2.75) is 52.4 Å². The molecule has 0 atom stereocenters. The zero-order chi connectivity index (χ0) is 77.7. The van der Waals surface area contributed by atoms with E-state index in [1.807, 2.05) is 0 Å². The molecule has 5 heterocycles. The van der Waals surface area contributed by atoms with Crippen molar-refractivity contribution in [1.29, 1.82) is 0 Å². The predicted molar refractivity (Wildman–Crippen MR) is 493 cm³/mol. The molecule has 3 aromatic heterocycles. The van der Waals surface area contributed by atoms with Crippen molar-refractivity contribution in [1.82, 2.24) is 13.7 Å². The minimum Gasteiger partial charge on any atom is -0.309 e. The van der Waals surface area contributed by atoms with E-state index in [9.17, 15) is 0 Å². The van der Waals surface area contributed by atoms with Crippen LogP contribution in [0.2, 0.25) is 0 Å². The summed E-state index contributed by atoms with van der Waals surface area (Å²) >= 11 is 0. The highest BCUT2D eigenvalue weighted by Gasteiger charge is 2.46. The van der Waals surface area contributed by atoms with Crippen LogP contribution in [0, 0.1) is 0 Å². The second-order valence-electron chi connectivity index (χ2n) is 33.6. The molecule has 17 aromatic carbocycles. The van der Waals surface area contributed by atoms with E-state index >= 15 is 0 Å². The Morgan fingerprint density at radius 1 is 0.190 bits per heavy atom. The van der Waals surface area contributed by atoms with Gasteiger partial charge >= 0.3 is 0 Å². The lowest BCUT2D eigenvalue weighted by molar-refractivity contribution is 0.591. The lowest BCUT2D eigenvalue weighted by atomic mass is 9.33. The highest BCUT2D eigenvalue weighted by atomic mass is 15.2. The van der Waals surface area contributed by atoms with Crippen LogP contribution in [0.4, 0.5) is 34.1 Å². The van der Waals surface area contributed by atoms with Gasteiger partial charge < -0.3 is 23.5 Å². The summed E-state index contributed by atoms with van der Waals surface area (Å²) in [6, 6.07) is 147. The summed E-state index contributed by atoms with van der Waals surface area (Å²) < 4.78 is 7.74. The molecule has 0 amide bonds. The maximum atomic E-state index is 2.67.